The predicted molar refractivity (Wildman–Crippen MR) is 133 cm³/mol. The normalized spacial score (nSPS) is 23.2. The van der Waals surface area contributed by atoms with E-state index < -0.39 is 0 Å². The van der Waals surface area contributed by atoms with Crippen molar-refractivity contribution in [2.24, 2.45) is 0 Å². The zero-order valence-electron chi connectivity index (χ0n) is 17.4. The van der Waals surface area contributed by atoms with Crippen molar-refractivity contribution in [1.82, 2.24) is 20.3 Å². The Hall–Kier alpha value is -1.41. The van der Waals surface area contributed by atoms with Gasteiger partial charge < -0.3 is 19.6 Å². The molecule has 3 fully saturated rings. The highest BCUT2D eigenvalue weighted by atomic mass is 35.5. The molecule has 2 aromatic rings. The lowest BCUT2D eigenvalue weighted by atomic mass is 10.1. The third kappa shape index (κ3) is 5.22. The van der Waals surface area contributed by atoms with Crippen molar-refractivity contribution >= 4 is 71.7 Å². The molecular formula is C20H27Cl3N6O2S. The highest BCUT2D eigenvalue weighted by Gasteiger charge is 2.37. The summed E-state index contributed by atoms with van der Waals surface area (Å²) in [6.07, 6.45) is 0.887. The molecule has 3 aliphatic rings. The number of nitrogens with zero attached hydrogens (tertiary/aromatic N) is 5. The molecule has 0 bridgehead atoms. The van der Waals surface area contributed by atoms with E-state index in [4.69, 9.17) is 9.78 Å². The number of amides is 1. The average molecular weight is 522 g/mol. The standard InChI is InChI=1S/C20H24N6O2S.3ClH/c21-11-14-1-2-18-16(9-14)19(23-28-18)25-5-3-24(4-6-25)15-10-17(22-12-15)20(27)26-7-8-29-13-26;;;/h1-2,9,15,17,22H,3-8,10,12-13H2;3*1H/t15-,17-;;;/m0.../s1. The summed E-state index contributed by atoms with van der Waals surface area (Å²) in [5.74, 6) is 2.97. The Morgan fingerprint density at radius 1 is 1.19 bits per heavy atom. The van der Waals surface area contributed by atoms with Crippen molar-refractivity contribution in [3.63, 3.8) is 0 Å². The van der Waals surface area contributed by atoms with Gasteiger partial charge in [0.2, 0.25) is 5.91 Å². The van der Waals surface area contributed by atoms with Crippen molar-refractivity contribution in [1.29, 1.82) is 5.26 Å². The maximum atomic E-state index is 12.6. The lowest BCUT2D eigenvalue weighted by molar-refractivity contribution is -0.131. The van der Waals surface area contributed by atoms with Gasteiger partial charge in [0, 0.05) is 51.1 Å². The Balaban J connectivity index is 0.00000121. The Morgan fingerprint density at radius 3 is 2.66 bits per heavy atom. The summed E-state index contributed by atoms with van der Waals surface area (Å²) in [7, 11) is 0. The van der Waals surface area contributed by atoms with Gasteiger partial charge in [-0.3, -0.25) is 9.69 Å². The van der Waals surface area contributed by atoms with Crippen LogP contribution in [0, 0.1) is 11.3 Å². The van der Waals surface area contributed by atoms with Crippen LogP contribution >= 0.6 is 49.0 Å². The molecule has 32 heavy (non-hydrogen) atoms. The van der Waals surface area contributed by atoms with Crippen molar-refractivity contribution < 1.29 is 9.32 Å². The van der Waals surface area contributed by atoms with Gasteiger partial charge in [-0.05, 0) is 24.6 Å². The second-order valence-corrected chi connectivity index (χ2v) is 8.92. The lowest BCUT2D eigenvalue weighted by Gasteiger charge is -2.37. The van der Waals surface area contributed by atoms with Gasteiger partial charge in [-0.25, -0.2) is 0 Å². The van der Waals surface area contributed by atoms with Gasteiger partial charge in [-0.1, -0.05) is 5.16 Å². The van der Waals surface area contributed by atoms with Gasteiger partial charge in [0.1, 0.15) is 0 Å². The van der Waals surface area contributed by atoms with Gasteiger partial charge in [0.25, 0.3) is 0 Å². The number of halogens is 3. The molecule has 5 rings (SSSR count). The van der Waals surface area contributed by atoms with E-state index in [9.17, 15) is 4.79 Å². The van der Waals surface area contributed by atoms with Crippen LogP contribution in [0.5, 0.6) is 0 Å². The number of anilines is 1. The SMILES string of the molecule is Cl.Cl.Cl.N#Cc1ccc2onc(N3CCN([C@@H]4CN[C@H](C(=O)N5CCSC5)C4)CC3)c2c1. The van der Waals surface area contributed by atoms with Crippen LogP contribution in [0.1, 0.15) is 12.0 Å². The van der Waals surface area contributed by atoms with E-state index in [-0.39, 0.29) is 49.2 Å². The number of carbonyl (C=O) groups excluding carboxylic acids is 1. The van der Waals surface area contributed by atoms with Crippen LogP contribution in [0.15, 0.2) is 22.7 Å². The molecule has 1 aromatic heterocycles. The minimum absolute atomic E-state index is 0. The Kier molecular flexibility index (Phi) is 9.76. The topological polar surface area (TPSA) is 88.6 Å². The number of aromatic nitrogens is 1. The highest BCUT2D eigenvalue weighted by molar-refractivity contribution is 7.99. The van der Waals surface area contributed by atoms with E-state index in [2.05, 4.69) is 26.3 Å². The third-order valence-corrected chi connectivity index (χ3v) is 7.15. The molecule has 0 spiro atoms. The van der Waals surface area contributed by atoms with Crippen molar-refractivity contribution in [3.05, 3.63) is 23.8 Å². The van der Waals surface area contributed by atoms with E-state index in [0.717, 1.165) is 68.5 Å². The molecule has 0 unspecified atom stereocenters. The molecule has 1 N–H and O–H groups in total. The number of hydrogen-bond donors (Lipinski definition) is 1. The maximum absolute atomic E-state index is 12.6. The number of nitriles is 1. The molecule has 12 heteroatoms. The summed E-state index contributed by atoms with van der Waals surface area (Å²) in [6.45, 7) is 5.32. The van der Waals surface area contributed by atoms with E-state index in [1.165, 1.54) is 0 Å². The van der Waals surface area contributed by atoms with Crippen LogP contribution in [0.25, 0.3) is 11.0 Å². The van der Waals surface area contributed by atoms with Crippen LogP contribution in [-0.4, -0.2) is 83.8 Å². The van der Waals surface area contributed by atoms with Gasteiger partial charge >= 0.3 is 0 Å². The lowest BCUT2D eigenvalue weighted by Crippen LogP contribution is -2.51. The fourth-order valence-corrected chi connectivity index (χ4v) is 5.47. The number of hydrogen-bond acceptors (Lipinski definition) is 8. The number of benzene rings is 1. The monoisotopic (exact) mass is 520 g/mol. The smallest absolute Gasteiger partial charge is 0.240 e. The maximum Gasteiger partial charge on any atom is 0.240 e. The molecule has 0 saturated carbocycles. The Morgan fingerprint density at radius 2 is 1.97 bits per heavy atom. The first-order chi connectivity index (χ1) is 14.2. The molecular weight excluding hydrogens is 495 g/mol. The van der Waals surface area contributed by atoms with Crippen LogP contribution in [0.3, 0.4) is 0 Å². The number of thioether (sulfide) groups is 1. The largest absolute Gasteiger partial charge is 0.354 e. The molecule has 176 valence electrons. The van der Waals surface area contributed by atoms with E-state index >= 15 is 0 Å². The quantitative estimate of drug-likeness (QED) is 0.658. The summed E-state index contributed by atoms with van der Waals surface area (Å²) in [4.78, 5) is 19.3. The number of piperazine rings is 1. The number of nitrogens with one attached hydrogen (secondary N) is 1. The van der Waals surface area contributed by atoms with E-state index in [1.54, 1.807) is 12.1 Å². The summed E-state index contributed by atoms with van der Waals surface area (Å²) >= 11 is 1.83. The molecule has 8 nitrogen and oxygen atoms in total. The van der Waals surface area contributed by atoms with Gasteiger partial charge in [0.05, 0.1) is 28.9 Å². The molecule has 3 saturated heterocycles. The molecule has 0 radical (unpaired) electrons. The third-order valence-electron chi connectivity index (χ3n) is 6.18. The summed E-state index contributed by atoms with van der Waals surface area (Å²) in [6, 6.07) is 7.95. The number of rotatable bonds is 3. The zero-order valence-corrected chi connectivity index (χ0v) is 20.7. The second kappa shape index (κ2) is 11.6. The van der Waals surface area contributed by atoms with E-state index in [1.807, 2.05) is 22.7 Å². The van der Waals surface area contributed by atoms with Crippen molar-refractivity contribution in [2.75, 3.05) is 55.8 Å². The van der Waals surface area contributed by atoms with E-state index in [0.29, 0.717) is 17.2 Å². The van der Waals surface area contributed by atoms with Crippen molar-refractivity contribution in [3.8, 4) is 6.07 Å². The molecule has 0 aliphatic carbocycles. The Bertz CT molecular complexity index is 956. The van der Waals surface area contributed by atoms with Gasteiger partial charge in [-0.2, -0.15) is 5.26 Å². The van der Waals surface area contributed by atoms with Crippen LogP contribution in [-0.2, 0) is 4.79 Å². The fraction of sp³-hybridized carbons (Fsp3) is 0.550. The highest BCUT2D eigenvalue weighted by Crippen LogP contribution is 2.28. The molecule has 2 atom stereocenters. The first-order valence-electron chi connectivity index (χ1n) is 10.1. The molecule has 1 aromatic carbocycles. The number of carbonyl (C=O) groups is 1. The molecule has 3 aliphatic heterocycles. The second-order valence-electron chi connectivity index (χ2n) is 7.84. The minimum atomic E-state index is -0.0411. The minimum Gasteiger partial charge on any atom is -0.354 e. The molecule has 1 amide bonds. The number of fused-ring (bicyclic) bond motifs is 1. The van der Waals surface area contributed by atoms with Gasteiger partial charge in [-0.15, -0.1) is 49.0 Å². The first-order valence-corrected chi connectivity index (χ1v) is 11.3. The molecule has 4 heterocycles. The van der Waals surface area contributed by atoms with Gasteiger partial charge in [0.15, 0.2) is 11.4 Å². The predicted octanol–water partition coefficient (Wildman–Crippen LogP) is 2.35. The van der Waals surface area contributed by atoms with Crippen molar-refractivity contribution in [2.45, 2.75) is 18.5 Å². The van der Waals surface area contributed by atoms with Crippen LogP contribution in [0.4, 0.5) is 5.82 Å². The Labute approximate surface area is 210 Å². The summed E-state index contributed by atoms with van der Waals surface area (Å²) in [5.41, 5.74) is 1.33. The summed E-state index contributed by atoms with van der Waals surface area (Å²) in [5, 5.41) is 17.8. The first kappa shape index (κ1) is 26.8. The fourth-order valence-electron chi connectivity index (χ4n) is 4.51. The average Bonchev–Trinajstić information content (AvgIpc) is 3.53. The van der Waals surface area contributed by atoms with Crippen LogP contribution in [0.2, 0.25) is 0 Å². The zero-order chi connectivity index (χ0) is 19.8. The summed E-state index contributed by atoms with van der Waals surface area (Å²) < 4.78 is 5.45. The van der Waals surface area contributed by atoms with Crippen LogP contribution < -0.4 is 10.2 Å².